The lowest BCUT2D eigenvalue weighted by Gasteiger charge is -2.15. The van der Waals surface area contributed by atoms with Crippen molar-refractivity contribution in [1.29, 1.82) is 0 Å². The van der Waals surface area contributed by atoms with E-state index in [0.29, 0.717) is 6.42 Å². The van der Waals surface area contributed by atoms with Crippen LogP contribution in [0.2, 0.25) is 0 Å². The van der Waals surface area contributed by atoms with Gasteiger partial charge in [-0.25, -0.2) is 0 Å². The molecule has 0 spiro atoms. The van der Waals surface area contributed by atoms with Crippen LogP contribution in [0.15, 0.2) is 30.3 Å². The van der Waals surface area contributed by atoms with Crippen molar-refractivity contribution in [3.8, 4) is 0 Å². The number of halogens is 2. The van der Waals surface area contributed by atoms with Gasteiger partial charge in [0.1, 0.15) is 0 Å². The Morgan fingerprint density at radius 1 is 1.29 bits per heavy atom. The summed E-state index contributed by atoms with van der Waals surface area (Å²) in [5, 5.41) is 9.33. The normalized spacial score (nSPS) is 14.2. The Morgan fingerprint density at radius 2 is 1.86 bits per heavy atom. The first kappa shape index (κ1) is 13.7. The molecule has 0 fully saturated rings. The summed E-state index contributed by atoms with van der Waals surface area (Å²) >= 11 is 5.48. The van der Waals surface area contributed by atoms with E-state index in [1.54, 1.807) is 0 Å². The quantitative estimate of drug-likeness (QED) is 0.779. The number of alkyl halides is 1. The van der Waals surface area contributed by atoms with Crippen molar-refractivity contribution in [2.75, 3.05) is 5.88 Å². The molecule has 3 N–H and O–H groups in total. The zero-order chi connectivity index (χ0) is 9.68. The molecular weight excluding hydrogens is 221 g/mol. The van der Waals surface area contributed by atoms with E-state index in [-0.39, 0.29) is 24.3 Å². The van der Waals surface area contributed by atoms with Crippen LogP contribution in [0.3, 0.4) is 0 Å². The highest BCUT2D eigenvalue weighted by Gasteiger charge is 2.13. The SMILES string of the molecule is Cl.NC(Cc1ccccc1)C(O)CCl. The third kappa shape index (κ3) is 4.29. The molecule has 0 amide bonds. The van der Waals surface area contributed by atoms with Gasteiger partial charge in [0.05, 0.1) is 6.10 Å². The molecule has 0 radical (unpaired) electrons. The van der Waals surface area contributed by atoms with E-state index >= 15 is 0 Å². The number of hydrogen-bond donors (Lipinski definition) is 2. The van der Waals surface area contributed by atoms with E-state index < -0.39 is 6.10 Å². The summed E-state index contributed by atoms with van der Waals surface area (Å²) in [5.74, 6) is 0.188. The number of rotatable bonds is 4. The minimum atomic E-state index is -0.623. The Kier molecular flexibility index (Phi) is 6.93. The molecule has 4 heteroatoms. The first-order chi connectivity index (χ1) is 6.24. The van der Waals surface area contributed by atoms with Crippen LogP contribution >= 0.6 is 24.0 Å². The molecule has 1 aromatic rings. The van der Waals surface area contributed by atoms with Gasteiger partial charge in [-0.05, 0) is 12.0 Å². The van der Waals surface area contributed by atoms with Gasteiger partial charge in [-0.2, -0.15) is 0 Å². The fourth-order valence-corrected chi connectivity index (χ4v) is 1.37. The molecule has 0 aromatic heterocycles. The van der Waals surface area contributed by atoms with Crippen molar-refractivity contribution in [1.82, 2.24) is 0 Å². The molecule has 1 aromatic carbocycles. The summed E-state index contributed by atoms with van der Waals surface area (Å²) in [6.45, 7) is 0. The topological polar surface area (TPSA) is 46.2 Å². The first-order valence-corrected chi connectivity index (χ1v) is 4.81. The van der Waals surface area contributed by atoms with Gasteiger partial charge in [0.25, 0.3) is 0 Å². The second-order valence-electron chi connectivity index (χ2n) is 3.08. The molecule has 0 saturated carbocycles. The highest BCUT2D eigenvalue weighted by molar-refractivity contribution is 6.18. The zero-order valence-corrected chi connectivity index (χ0v) is 9.34. The number of benzene rings is 1. The molecule has 0 heterocycles. The third-order valence-electron chi connectivity index (χ3n) is 1.97. The molecule has 0 bridgehead atoms. The van der Waals surface area contributed by atoms with Gasteiger partial charge < -0.3 is 10.8 Å². The summed E-state index contributed by atoms with van der Waals surface area (Å²) in [7, 11) is 0. The molecular formula is C10H15Cl2NO. The maximum atomic E-state index is 9.33. The molecule has 2 atom stereocenters. The van der Waals surface area contributed by atoms with Crippen molar-refractivity contribution < 1.29 is 5.11 Å². The molecule has 1 rings (SSSR count). The van der Waals surface area contributed by atoms with Crippen LogP contribution in [0, 0.1) is 0 Å². The second-order valence-corrected chi connectivity index (χ2v) is 3.38. The van der Waals surface area contributed by atoms with Crippen LogP contribution in [0.5, 0.6) is 0 Å². The average Bonchev–Trinajstić information content (AvgIpc) is 2.18. The largest absolute Gasteiger partial charge is 0.390 e. The lowest BCUT2D eigenvalue weighted by Crippen LogP contribution is -2.37. The van der Waals surface area contributed by atoms with E-state index in [1.165, 1.54) is 0 Å². The minimum Gasteiger partial charge on any atom is -0.390 e. The predicted molar refractivity (Wildman–Crippen MR) is 62.1 cm³/mol. The number of nitrogens with two attached hydrogens (primary N) is 1. The second kappa shape index (κ2) is 7.07. The Hall–Kier alpha value is -0.280. The van der Waals surface area contributed by atoms with E-state index in [0.717, 1.165) is 5.56 Å². The number of aliphatic hydroxyl groups excluding tert-OH is 1. The maximum absolute atomic E-state index is 9.33. The van der Waals surface area contributed by atoms with Crippen LogP contribution in [-0.4, -0.2) is 23.1 Å². The molecule has 80 valence electrons. The molecule has 0 aliphatic rings. The zero-order valence-electron chi connectivity index (χ0n) is 7.77. The van der Waals surface area contributed by atoms with Crippen LogP contribution < -0.4 is 5.73 Å². The van der Waals surface area contributed by atoms with Crippen molar-refractivity contribution in [2.24, 2.45) is 5.73 Å². The lowest BCUT2D eigenvalue weighted by molar-refractivity contribution is 0.166. The Balaban J connectivity index is 0.00000169. The highest BCUT2D eigenvalue weighted by atomic mass is 35.5. The van der Waals surface area contributed by atoms with Gasteiger partial charge in [-0.1, -0.05) is 30.3 Å². The first-order valence-electron chi connectivity index (χ1n) is 4.27. The predicted octanol–water partition coefficient (Wildman–Crippen LogP) is 1.58. The van der Waals surface area contributed by atoms with E-state index in [4.69, 9.17) is 17.3 Å². The van der Waals surface area contributed by atoms with Crippen molar-refractivity contribution in [2.45, 2.75) is 18.6 Å². The van der Waals surface area contributed by atoms with Gasteiger partial charge in [0.2, 0.25) is 0 Å². The van der Waals surface area contributed by atoms with Crippen molar-refractivity contribution >= 4 is 24.0 Å². The van der Waals surface area contributed by atoms with Gasteiger partial charge in [0, 0.05) is 11.9 Å². The Bertz CT molecular complexity index is 243. The molecule has 2 unspecified atom stereocenters. The van der Waals surface area contributed by atoms with Gasteiger partial charge in [0.15, 0.2) is 0 Å². The fraction of sp³-hybridized carbons (Fsp3) is 0.400. The Labute approximate surface area is 95.5 Å². The summed E-state index contributed by atoms with van der Waals surface area (Å²) in [6.07, 6.45) is 0.0382. The van der Waals surface area contributed by atoms with Crippen LogP contribution in [0.25, 0.3) is 0 Å². The molecule has 0 aliphatic carbocycles. The summed E-state index contributed by atoms with van der Waals surface area (Å²) in [4.78, 5) is 0. The fourth-order valence-electron chi connectivity index (χ4n) is 1.14. The van der Waals surface area contributed by atoms with Gasteiger partial charge in [-0.15, -0.1) is 24.0 Å². The smallest absolute Gasteiger partial charge is 0.0829 e. The summed E-state index contributed by atoms with van der Waals surface area (Å²) in [6, 6.07) is 9.55. The van der Waals surface area contributed by atoms with Crippen LogP contribution in [-0.2, 0) is 6.42 Å². The Morgan fingerprint density at radius 3 is 2.36 bits per heavy atom. The standard InChI is InChI=1S/C10H14ClNO.ClH/c11-7-10(13)9(12)6-8-4-2-1-3-5-8;/h1-5,9-10,13H,6-7,12H2;1H. The molecule has 0 aliphatic heterocycles. The van der Waals surface area contributed by atoms with Crippen LogP contribution in [0.1, 0.15) is 5.56 Å². The van der Waals surface area contributed by atoms with E-state index in [1.807, 2.05) is 30.3 Å². The molecule has 0 saturated heterocycles. The summed E-state index contributed by atoms with van der Waals surface area (Å²) in [5.41, 5.74) is 6.85. The van der Waals surface area contributed by atoms with Crippen molar-refractivity contribution in [3.05, 3.63) is 35.9 Å². The number of hydrogen-bond acceptors (Lipinski definition) is 2. The minimum absolute atomic E-state index is 0. The average molecular weight is 236 g/mol. The maximum Gasteiger partial charge on any atom is 0.0829 e. The van der Waals surface area contributed by atoms with E-state index in [2.05, 4.69) is 0 Å². The van der Waals surface area contributed by atoms with Crippen molar-refractivity contribution in [3.63, 3.8) is 0 Å². The highest BCUT2D eigenvalue weighted by Crippen LogP contribution is 2.05. The lowest BCUT2D eigenvalue weighted by atomic mass is 10.0. The summed E-state index contributed by atoms with van der Waals surface area (Å²) < 4.78 is 0. The molecule has 14 heavy (non-hydrogen) atoms. The van der Waals surface area contributed by atoms with Gasteiger partial charge in [-0.3, -0.25) is 0 Å². The van der Waals surface area contributed by atoms with E-state index in [9.17, 15) is 5.11 Å². The van der Waals surface area contributed by atoms with Crippen LogP contribution in [0.4, 0.5) is 0 Å². The number of aliphatic hydroxyl groups is 1. The molecule has 2 nitrogen and oxygen atoms in total. The monoisotopic (exact) mass is 235 g/mol. The third-order valence-corrected chi connectivity index (χ3v) is 2.28. The van der Waals surface area contributed by atoms with Gasteiger partial charge >= 0.3 is 0 Å².